The Morgan fingerprint density at radius 1 is 1.43 bits per heavy atom. The number of hydrogen-bond acceptors (Lipinski definition) is 2. The number of nitrogens with zero attached hydrogens (tertiary/aromatic N) is 3. The number of hydrogen-bond donors (Lipinski definition) is 0. The van der Waals surface area contributed by atoms with Crippen LogP contribution in [0.4, 0.5) is 4.39 Å². The Balaban J connectivity index is 2.03. The molecule has 2 aromatic rings. The number of likely N-dealkylation sites (tertiary alicyclic amines) is 1. The van der Waals surface area contributed by atoms with Gasteiger partial charge in [-0.2, -0.15) is 0 Å². The van der Waals surface area contributed by atoms with Gasteiger partial charge >= 0.3 is 0 Å². The second-order valence-corrected chi connectivity index (χ2v) is 5.64. The van der Waals surface area contributed by atoms with Crippen LogP contribution in [0, 0.1) is 5.82 Å². The van der Waals surface area contributed by atoms with Crippen LogP contribution in [0.1, 0.15) is 31.6 Å². The number of amides is 1. The number of fused-ring (bicyclic) bond motifs is 1. The van der Waals surface area contributed by atoms with Crippen molar-refractivity contribution in [2.75, 3.05) is 13.1 Å². The van der Waals surface area contributed by atoms with E-state index in [1.54, 1.807) is 6.07 Å². The van der Waals surface area contributed by atoms with E-state index in [1.807, 2.05) is 16.4 Å². The monoisotopic (exact) mass is 309 g/mol. The molecule has 0 aliphatic carbocycles. The lowest BCUT2D eigenvalue weighted by Gasteiger charge is -2.23. The molecular weight excluding hydrogens is 293 g/mol. The molecule has 1 amide bonds. The Labute approximate surface area is 127 Å². The van der Waals surface area contributed by atoms with E-state index in [4.69, 9.17) is 11.6 Å². The Hall–Kier alpha value is -1.62. The van der Waals surface area contributed by atoms with Crippen molar-refractivity contribution in [1.82, 2.24) is 14.5 Å². The summed E-state index contributed by atoms with van der Waals surface area (Å²) < 4.78 is 15.2. The molecule has 0 bridgehead atoms. The topological polar surface area (TPSA) is 38.1 Å². The summed E-state index contributed by atoms with van der Waals surface area (Å²) in [6, 6.07) is 4.02. The molecule has 1 aromatic carbocycles. The fourth-order valence-electron chi connectivity index (χ4n) is 2.96. The molecule has 0 N–H and O–H groups in total. The third kappa shape index (κ3) is 2.50. The van der Waals surface area contributed by atoms with E-state index in [2.05, 4.69) is 4.98 Å². The van der Waals surface area contributed by atoms with Crippen LogP contribution in [-0.4, -0.2) is 33.4 Å². The summed E-state index contributed by atoms with van der Waals surface area (Å²) >= 11 is 5.95. The van der Waals surface area contributed by atoms with E-state index in [9.17, 15) is 9.18 Å². The number of benzene rings is 1. The molecule has 21 heavy (non-hydrogen) atoms. The Morgan fingerprint density at radius 2 is 2.14 bits per heavy atom. The van der Waals surface area contributed by atoms with Gasteiger partial charge in [-0.15, -0.1) is 11.6 Å². The molecule has 1 aliphatic rings. The van der Waals surface area contributed by atoms with Gasteiger partial charge in [0.25, 0.3) is 0 Å². The van der Waals surface area contributed by atoms with Gasteiger partial charge in [-0.25, -0.2) is 9.37 Å². The molecule has 0 spiro atoms. The number of carbonyl (C=O) groups is 1. The average molecular weight is 310 g/mol. The molecule has 1 atom stereocenters. The van der Waals surface area contributed by atoms with Crippen LogP contribution in [0.15, 0.2) is 18.2 Å². The van der Waals surface area contributed by atoms with Gasteiger partial charge in [0.2, 0.25) is 5.91 Å². The normalized spacial score (nSPS) is 16.6. The maximum Gasteiger partial charge on any atom is 0.245 e. The van der Waals surface area contributed by atoms with Gasteiger partial charge in [-0.1, -0.05) is 0 Å². The zero-order valence-electron chi connectivity index (χ0n) is 11.9. The molecule has 112 valence electrons. The van der Waals surface area contributed by atoms with Gasteiger partial charge < -0.3 is 9.47 Å². The first-order chi connectivity index (χ1) is 10.1. The molecule has 1 fully saturated rings. The van der Waals surface area contributed by atoms with E-state index >= 15 is 0 Å². The number of rotatable bonds is 3. The van der Waals surface area contributed by atoms with Crippen LogP contribution in [0.25, 0.3) is 11.0 Å². The SMILES string of the molecule is CC(C(=O)N1CCCC1)n1c(CCl)nc2cc(F)ccc21. The fraction of sp³-hybridized carbons (Fsp3) is 0.467. The largest absolute Gasteiger partial charge is 0.341 e. The predicted octanol–water partition coefficient (Wildman–Crippen LogP) is 3.10. The molecule has 4 nitrogen and oxygen atoms in total. The summed E-state index contributed by atoms with van der Waals surface area (Å²) in [4.78, 5) is 18.8. The van der Waals surface area contributed by atoms with E-state index < -0.39 is 0 Å². The lowest BCUT2D eigenvalue weighted by Crippen LogP contribution is -2.34. The third-order valence-electron chi connectivity index (χ3n) is 4.01. The van der Waals surface area contributed by atoms with Crippen LogP contribution in [-0.2, 0) is 10.7 Å². The van der Waals surface area contributed by atoms with E-state index in [-0.39, 0.29) is 23.6 Å². The average Bonchev–Trinajstić information content (AvgIpc) is 3.12. The van der Waals surface area contributed by atoms with Crippen molar-refractivity contribution in [1.29, 1.82) is 0 Å². The van der Waals surface area contributed by atoms with Gasteiger partial charge in [-0.05, 0) is 31.9 Å². The van der Waals surface area contributed by atoms with Crippen molar-refractivity contribution < 1.29 is 9.18 Å². The summed E-state index contributed by atoms with van der Waals surface area (Å²) in [7, 11) is 0. The van der Waals surface area contributed by atoms with Crippen LogP contribution in [0.2, 0.25) is 0 Å². The van der Waals surface area contributed by atoms with Crippen molar-refractivity contribution in [2.45, 2.75) is 31.7 Å². The summed E-state index contributed by atoms with van der Waals surface area (Å²) in [5.41, 5.74) is 1.28. The van der Waals surface area contributed by atoms with Gasteiger partial charge in [-0.3, -0.25) is 4.79 Å². The third-order valence-corrected chi connectivity index (χ3v) is 4.25. The zero-order valence-corrected chi connectivity index (χ0v) is 12.6. The number of aromatic nitrogens is 2. The molecule has 1 saturated heterocycles. The fourth-order valence-corrected chi connectivity index (χ4v) is 3.15. The highest BCUT2D eigenvalue weighted by atomic mass is 35.5. The summed E-state index contributed by atoms with van der Waals surface area (Å²) in [6.45, 7) is 3.46. The lowest BCUT2D eigenvalue weighted by molar-refractivity contribution is -0.133. The number of carbonyl (C=O) groups excluding carboxylic acids is 1. The zero-order chi connectivity index (χ0) is 15.0. The highest BCUT2D eigenvalue weighted by Crippen LogP contribution is 2.25. The van der Waals surface area contributed by atoms with Crippen molar-refractivity contribution in [3.8, 4) is 0 Å². The predicted molar refractivity (Wildman–Crippen MR) is 79.8 cm³/mol. The number of halogens is 2. The van der Waals surface area contributed by atoms with Crippen molar-refractivity contribution in [2.24, 2.45) is 0 Å². The van der Waals surface area contributed by atoms with Crippen molar-refractivity contribution in [3.63, 3.8) is 0 Å². The van der Waals surface area contributed by atoms with E-state index in [0.717, 1.165) is 31.4 Å². The standard InChI is InChI=1S/C15H17ClFN3O/c1-10(15(21)19-6-2-3-7-19)20-13-5-4-11(17)8-12(13)18-14(20)9-16/h4-5,8,10H,2-3,6-7,9H2,1H3. The van der Waals surface area contributed by atoms with Crippen LogP contribution in [0.3, 0.4) is 0 Å². The molecule has 0 radical (unpaired) electrons. The van der Waals surface area contributed by atoms with Gasteiger partial charge in [0.1, 0.15) is 17.7 Å². The maximum atomic E-state index is 13.3. The molecule has 0 saturated carbocycles. The number of imidazole rings is 1. The summed E-state index contributed by atoms with van der Waals surface area (Å²) in [6.07, 6.45) is 2.10. The van der Waals surface area contributed by atoms with E-state index in [1.165, 1.54) is 12.1 Å². The van der Waals surface area contributed by atoms with Crippen LogP contribution >= 0.6 is 11.6 Å². The molecule has 1 unspecified atom stereocenters. The van der Waals surface area contributed by atoms with Gasteiger partial charge in [0.05, 0.1) is 16.9 Å². The first-order valence-corrected chi connectivity index (χ1v) is 7.66. The molecular formula is C15H17ClFN3O. The molecule has 1 aromatic heterocycles. The lowest BCUT2D eigenvalue weighted by atomic mass is 10.2. The van der Waals surface area contributed by atoms with Crippen LogP contribution in [0.5, 0.6) is 0 Å². The maximum absolute atomic E-state index is 13.3. The summed E-state index contributed by atoms with van der Waals surface area (Å²) in [5, 5.41) is 0. The molecule has 3 rings (SSSR count). The second kappa shape index (κ2) is 5.64. The Bertz CT molecular complexity index is 679. The minimum Gasteiger partial charge on any atom is -0.341 e. The quantitative estimate of drug-likeness (QED) is 0.817. The number of alkyl halides is 1. The van der Waals surface area contributed by atoms with Crippen molar-refractivity contribution >= 4 is 28.5 Å². The smallest absolute Gasteiger partial charge is 0.245 e. The minimum atomic E-state index is -0.382. The second-order valence-electron chi connectivity index (χ2n) is 5.37. The van der Waals surface area contributed by atoms with Crippen molar-refractivity contribution in [3.05, 3.63) is 29.8 Å². The van der Waals surface area contributed by atoms with E-state index in [0.29, 0.717) is 11.3 Å². The van der Waals surface area contributed by atoms with Crippen LogP contribution < -0.4 is 0 Å². The first kappa shape index (κ1) is 14.3. The highest BCUT2D eigenvalue weighted by molar-refractivity contribution is 6.17. The Kier molecular flexibility index (Phi) is 3.85. The minimum absolute atomic E-state index is 0.0718. The van der Waals surface area contributed by atoms with Gasteiger partial charge in [0, 0.05) is 19.2 Å². The highest BCUT2D eigenvalue weighted by Gasteiger charge is 2.27. The Morgan fingerprint density at radius 3 is 2.81 bits per heavy atom. The molecule has 1 aliphatic heterocycles. The molecule has 6 heteroatoms. The summed E-state index contributed by atoms with van der Waals surface area (Å²) in [5.74, 6) is 0.514. The molecule has 2 heterocycles. The van der Waals surface area contributed by atoms with Gasteiger partial charge in [0.15, 0.2) is 0 Å². The first-order valence-electron chi connectivity index (χ1n) is 7.13.